The first-order chi connectivity index (χ1) is 10.7. The van der Waals surface area contributed by atoms with E-state index in [4.69, 9.17) is 10.5 Å². The molecule has 1 saturated heterocycles. The first-order valence-electron chi connectivity index (χ1n) is 7.75. The van der Waals surface area contributed by atoms with Crippen molar-refractivity contribution in [2.45, 2.75) is 38.0 Å². The maximum atomic E-state index is 12.3. The molecule has 0 radical (unpaired) electrons. The van der Waals surface area contributed by atoms with Crippen molar-refractivity contribution in [2.24, 2.45) is 11.1 Å². The SMILES string of the molecule is NCCO[C@H]1C[C@@H](O)C12CCN(C(=O)Cn1cnnc1)CC2. The van der Waals surface area contributed by atoms with E-state index in [0.717, 1.165) is 12.8 Å². The molecule has 8 heteroatoms. The Morgan fingerprint density at radius 1 is 1.36 bits per heavy atom. The number of carbonyl (C=O) groups is 1. The number of nitrogens with two attached hydrogens (primary N) is 1. The fourth-order valence-corrected chi connectivity index (χ4v) is 3.56. The van der Waals surface area contributed by atoms with Gasteiger partial charge in [0.25, 0.3) is 0 Å². The number of hydrogen-bond acceptors (Lipinski definition) is 6. The lowest BCUT2D eigenvalue weighted by Gasteiger charge is -2.56. The van der Waals surface area contributed by atoms with E-state index in [-0.39, 0.29) is 30.1 Å². The molecule has 2 atom stereocenters. The third-order valence-electron chi connectivity index (χ3n) is 5.01. The van der Waals surface area contributed by atoms with Crippen molar-refractivity contribution in [1.29, 1.82) is 0 Å². The van der Waals surface area contributed by atoms with E-state index < -0.39 is 0 Å². The van der Waals surface area contributed by atoms with Crippen molar-refractivity contribution in [3.63, 3.8) is 0 Å². The summed E-state index contributed by atoms with van der Waals surface area (Å²) in [5.74, 6) is 0.0582. The molecule has 1 spiro atoms. The topological polar surface area (TPSA) is 106 Å². The molecule has 1 aliphatic carbocycles. The molecule has 1 amide bonds. The zero-order valence-electron chi connectivity index (χ0n) is 12.6. The van der Waals surface area contributed by atoms with Crippen LogP contribution in [0.15, 0.2) is 12.7 Å². The van der Waals surface area contributed by atoms with Gasteiger partial charge in [-0.2, -0.15) is 0 Å². The Hall–Kier alpha value is -1.51. The van der Waals surface area contributed by atoms with Gasteiger partial charge in [-0.05, 0) is 12.8 Å². The van der Waals surface area contributed by atoms with Crippen molar-refractivity contribution in [3.8, 4) is 0 Å². The van der Waals surface area contributed by atoms with Gasteiger partial charge in [-0.25, -0.2) is 0 Å². The van der Waals surface area contributed by atoms with Crippen LogP contribution >= 0.6 is 0 Å². The van der Waals surface area contributed by atoms with Crippen LogP contribution in [-0.2, 0) is 16.1 Å². The Bertz CT molecular complexity index is 499. The summed E-state index contributed by atoms with van der Waals surface area (Å²) < 4.78 is 7.43. The number of aromatic nitrogens is 3. The molecule has 3 N–H and O–H groups in total. The Balaban J connectivity index is 1.54. The van der Waals surface area contributed by atoms with E-state index in [1.165, 1.54) is 12.7 Å². The summed E-state index contributed by atoms with van der Waals surface area (Å²) in [5.41, 5.74) is 5.29. The smallest absolute Gasteiger partial charge is 0.242 e. The van der Waals surface area contributed by atoms with E-state index in [9.17, 15) is 9.90 Å². The van der Waals surface area contributed by atoms with Crippen molar-refractivity contribution < 1.29 is 14.6 Å². The average molecular weight is 309 g/mol. The second kappa shape index (κ2) is 6.31. The fourth-order valence-electron chi connectivity index (χ4n) is 3.56. The molecule has 0 bridgehead atoms. The Kier molecular flexibility index (Phi) is 4.42. The average Bonchev–Trinajstić information content (AvgIpc) is 3.04. The summed E-state index contributed by atoms with van der Waals surface area (Å²) in [4.78, 5) is 14.1. The highest BCUT2D eigenvalue weighted by atomic mass is 16.5. The summed E-state index contributed by atoms with van der Waals surface area (Å²) in [6, 6.07) is 0. The van der Waals surface area contributed by atoms with Crippen LogP contribution in [-0.4, -0.2) is 69.1 Å². The number of piperidine rings is 1. The Morgan fingerprint density at radius 3 is 2.64 bits per heavy atom. The van der Waals surface area contributed by atoms with Crippen molar-refractivity contribution >= 4 is 5.91 Å². The summed E-state index contributed by atoms with van der Waals surface area (Å²) in [7, 11) is 0. The van der Waals surface area contributed by atoms with Gasteiger partial charge in [0.2, 0.25) is 5.91 Å². The van der Waals surface area contributed by atoms with Gasteiger partial charge in [-0.3, -0.25) is 4.79 Å². The lowest BCUT2D eigenvalue weighted by atomic mass is 9.58. The van der Waals surface area contributed by atoms with E-state index >= 15 is 0 Å². The maximum Gasteiger partial charge on any atom is 0.242 e. The normalized spacial score (nSPS) is 26.9. The fraction of sp³-hybridized carbons (Fsp3) is 0.786. The molecule has 0 unspecified atom stereocenters. The molecule has 8 nitrogen and oxygen atoms in total. The number of hydrogen-bond donors (Lipinski definition) is 2. The molecule has 3 rings (SSSR count). The van der Waals surface area contributed by atoms with Gasteiger partial charge in [-0.15, -0.1) is 10.2 Å². The molecule has 122 valence electrons. The summed E-state index contributed by atoms with van der Waals surface area (Å²) in [6.07, 6.45) is 5.04. The van der Waals surface area contributed by atoms with E-state index in [1.807, 2.05) is 4.90 Å². The second-order valence-corrected chi connectivity index (χ2v) is 6.15. The second-order valence-electron chi connectivity index (χ2n) is 6.15. The number of nitrogens with zero attached hydrogens (tertiary/aromatic N) is 4. The van der Waals surface area contributed by atoms with Crippen LogP contribution in [0.2, 0.25) is 0 Å². The summed E-state index contributed by atoms with van der Waals surface area (Å²) in [6.45, 7) is 2.58. The first kappa shape index (κ1) is 15.4. The van der Waals surface area contributed by atoms with Gasteiger partial charge >= 0.3 is 0 Å². The number of amides is 1. The molecule has 1 saturated carbocycles. The third-order valence-corrected chi connectivity index (χ3v) is 5.01. The van der Waals surface area contributed by atoms with Crippen LogP contribution in [0.4, 0.5) is 0 Å². The van der Waals surface area contributed by atoms with Crippen LogP contribution in [0.25, 0.3) is 0 Å². The molecule has 1 aromatic heterocycles. The number of likely N-dealkylation sites (tertiary alicyclic amines) is 1. The Labute approximate surface area is 129 Å². The highest BCUT2D eigenvalue weighted by molar-refractivity contribution is 5.76. The molecule has 1 aliphatic heterocycles. The van der Waals surface area contributed by atoms with Gasteiger partial charge in [0.15, 0.2) is 0 Å². The van der Waals surface area contributed by atoms with Gasteiger partial charge in [0, 0.05) is 31.5 Å². The van der Waals surface area contributed by atoms with Crippen molar-refractivity contribution in [3.05, 3.63) is 12.7 Å². The van der Waals surface area contributed by atoms with Gasteiger partial charge < -0.3 is 25.0 Å². The predicted octanol–water partition coefficient (Wildman–Crippen LogP) is -1.00. The number of rotatable bonds is 5. The molecule has 2 heterocycles. The monoisotopic (exact) mass is 309 g/mol. The predicted molar refractivity (Wildman–Crippen MR) is 77.7 cm³/mol. The molecule has 2 aliphatic rings. The highest BCUT2D eigenvalue weighted by Gasteiger charge is 2.56. The highest BCUT2D eigenvalue weighted by Crippen LogP contribution is 2.50. The first-order valence-corrected chi connectivity index (χ1v) is 7.75. The van der Waals surface area contributed by atoms with E-state index in [2.05, 4.69) is 10.2 Å². The van der Waals surface area contributed by atoms with Crippen molar-refractivity contribution in [1.82, 2.24) is 19.7 Å². The minimum atomic E-state index is -0.328. The maximum absolute atomic E-state index is 12.3. The Morgan fingerprint density at radius 2 is 2.05 bits per heavy atom. The van der Waals surface area contributed by atoms with Gasteiger partial charge in [0.1, 0.15) is 19.2 Å². The number of aliphatic hydroxyl groups excluding tert-OH is 1. The van der Waals surface area contributed by atoms with Crippen LogP contribution in [0.5, 0.6) is 0 Å². The van der Waals surface area contributed by atoms with Gasteiger partial charge in [-0.1, -0.05) is 0 Å². The number of carbonyl (C=O) groups excluding carboxylic acids is 1. The van der Waals surface area contributed by atoms with E-state index in [1.54, 1.807) is 4.57 Å². The van der Waals surface area contributed by atoms with Crippen LogP contribution in [0.3, 0.4) is 0 Å². The summed E-state index contributed by atoms with van der Waals surface area (Å²) in [5, 5.41) is 17.6. The minimum Gasteiger partial charge on any atom is -0.392 e. The molecule has 22 heavy (non-hydrogen) atoms. The molecule has 1 aromatic rings. The summed E-state index contributed by atoms with van der Waals surface area (Å²) >= 11 is 0. The van der Waals surface area contributed by atoms with Crippen molar-refractivity contribution in [2.75, 3.05) is 26.2 Å². The third kappa shape index (κ3) is 2.73. The lowest BCUT2D eigenvalue weighted by Crippen LogP contribution is -2.63. The quantitative estimate of drug-likeness (QED) is 0.722. The van der Waals surface area contributed by atoms with Crippen LogP contribution < -0.4 is 5.73 Å². The standard InChI is InChI=1S/C14H23N5O3/c15-3-6-22-12-7-11(20)14(12)1-4-19(5-2-14)13(21)8-18-9-16-17-10-18/h9-12,20H,1-8,15H2/t11-,12+/m1/s1. The zero-order chi connectivity index (χ0) is 15.6. The minimum absolute atomic E-state index is 0.0582. The zero-order valence-corrected chi connectivity index (χ0v) is 12.6. The molecule has 2 fully saturated rings. The largest absolute Gasteiger partial charge is 0.392 e. The number of aliphatic hydroxyl groups is 1. The number of ether oxygens (including phenoxy) is 1. The van der Waals surface area contributed by atoms with Crippen LogP contribution in [0, 0.1) is 5.41 Å². The molecular formula is C14H23N5O3. The van der Waals surface area contributed by atoms with E-state index in [0.29, 0.717) is 32.7 Å². The van der Waals surface area contributed by atoms with Gasteiger partial charge in [0.05, 0.1) is 18.8 Å². The molecule has 0 aromatic carbocycles. The lowest BCUT2D eigenvalue weighted by molar-refractivity contribution is -0.210. The molecular weight excluding hydrogens is 286 g/mol. The van der Waals surface area contributed by atoms with Crippen LogP contribution in [0.1, 0.15) is 19.3 Å².